The monoisotopic (exact) mass is 154 g/mol. The van der Waals surface area contributed by atoms with Crippen LogP contribution in [0.15, 0.2) is 0 Å². The van der Waals surface area contributed by atoms with Gasteiger partial charge in [-0.25, -0.2) is 0 Å². The van der Waals surface area contributed by atoms with E-state index in [2.05, 4.69) is 0 Å². The third kappa shape index (κ3) is 47.5. The van der Waals surface area contributed by atoms with Crippen molar-refractivity contribution < 1.29 is 46.4 Å². The Morgan fingerprint density at radius 2 is 1.40 bits per heavy atom. The van der Waals surface area contributed by atoms with Gasteiger partial charge < -0.3 is 0 Å². The molecule has 0 fully saturated rings. The van der Waals surface area contributed by atoms with E-state index in [0.717, 1.165) is 0 Å². The number of hydrogen-bond donors (Lipinski definition) is 2. The van der Waals surface area contributed by atoms with Crippen molar-refractivity contribution in [3.8, 4) is 0 Å². The van der Waals surface area contributed by atoms with Crippen LogP contribution in [0.4, 0.5) is 0 Å². The summed E-state index contributed by atoms with van der Waals surface area (Å²) in [6.45, 7) is 0. The summed E-state index contributed by atoms with van der Waals surface area (Å²) in [7, 11) is 0. The second kappa shape index (κ2) is 4.95. The number of rotatable bonds is 0. The van der Waals surface area contributed by atoms with E-state index in [9.17, 15) is 0 Å². The van der Waals surface area contributed by atoms with E-state index >= 15 is 0 Å². The average Bonchev–Trinajstić information content (AvgIpc) is 0.811. The van der Waals surface area contributed by atoms with Crippen LogP contribution in [0, 0.1) is 0 Å². The first-order valence-corrected chi connectivity index (χ1v) is 2.69. The van der Waals surface area contributed by atoms with Crippen molar-refractivity contribution >= 4 is 0 Å². The molecule has 5 heavy (non-hydrogen) atoms. The average molecular weight is 154 g/mol. The predicted molar refractivity (Wildman–Crippen MR) is 5.12 cm³/mol. The molecule has 0 atom stereocenters. The van der Waals surface area contributed by atoms with Crippen molar-refractivity contribution in [3.63, 3.8) is 0 Å². The number of hydrogen-bond acceptors (Lipinski definition) is 1. The molecule has 0 saturated carbocycles. The molecule has 0 aliphatic heterocycles. The summed E-state index contributed by atoms with van der Waals surface area (Å²) in [5.41, 5.74) is 0. The summed E-state index contributed by atoms with van der Waals surface area (Å²) in [6.07, 6.45) is 0. The van der Waals surface area contributed by atoms with Crippen molar-refractivity contribution in [2.45, 2.75) is 0 Å². The molecule has 0 aromatic heterocycles. The van der Waals surface area contributed by atoms with Gasteiger partial charge in [0.05, 0.1) is 0 Å². The predicted octanol–water partition coefficient (Wildman–Crippen LogP) is -1.24. The molecule has 0 rings (SSSR count). The van der Waals surface area contributed by atoms with Crippen molar-refractivity contribution in [1.82, 2.24) is 0 Å². The zero-order chi connectivity index (χ0) is 3.58. The van der Waals surface area contributed by atoms with E-state index in [0.29, 0.717) is 0 Å². The molecule has 3 nitrogen and oxygen atoms in total. The Labute approximate surface area is 46.6 Å². The van der Waals surface area contributed by atoms with Gasteiger partial charge in [0, 0.05) is 17.1 Å². The molecule has 2 N–H and O–H groups in total. The normalized spacial score (nSPS) is 5.20. The molecule has 0 radical (unpaired) electrons. The van der Waals surface area contributed by atoms with Gasteiger partial charge in [-0.1, -0.05) is 0 Å². The summed E-state index contributed by atoms with van der Waals surface area (Å²) < 4.78 is 23.2. The first-order valence-electron chi connectivity index (χ1n) is 0.651. The Hall–Kier alpha value is 0.954. The Bertz CT molecular complexity index is 29.9. The van der Waals surface area contributed by atoms with E-state index in [1.54, 1.807) is 0 Å². The van der Waals surface area contributed by atoms with Crippen LogP contribution in [0.3, 0.4) is 0 Å². The summed E-state index contributed by atoms with van der Waals surface area (Å²) >= 11 is -3.58. The third-order valence-corrected chi connectivity index (χ3v) is 0. The molecule has 0 aromatic rings. The van der Waals surface area contributed by atoms with E-state index in [1.165, 1.54) is 0 Å². The van der Waals surface area contributed by atoms with Gasteiger partial charge in [-0.05, 0) is 0 Å². The molecule has 5 heteroatoms. The third-order valence-electron chi connectivity index (χ3n) is 0. The molecular formula is H2FeO3Ti. The molecule has 0 saturated heterocycles. The molecule has 0 aliphatic carbocycles. The van der Waals surface area contributed by atoms with Crippen LogP contribution in [-0.2, 0) is 39.0 Å². The zero-order valence-electron chi connectivity index (χ0n) is 2.16. The minimum atomic E-state index is -3.58. The summed E-state index contributed by atoms with van der Waals surface area (Å²) in [4.78, 5) is 0. The van der Waals surface area contributed by atoms with Crippen molar-refractivity contribution in [1.29, 1.82) is 0 Å². The van der Waals surface area contributed by atoms with Gasteiger partial charge in [-0.15, -0.1) is 0 Å². The van der Waals surface area contributed by atoms with E-state index in [-0.39, 0.29) is 17.1 Å². The topological polar surface area (TPSA) is 57.5 Å². The van der Waals surface area contributed by atoms with E-state index < -0.39 is 18.6 Å². The van der Waals surface area contributed by atoms with Crippen LogP contribution < -0.4 is 0 Å². The Morgan fingerprint density at radius 3 is 1.40 bits per heavy atom. The SMILES string of the molecule is [Fe].[O]=[Ti]([OH])[OH]. The molecule has 0 amide bonds. The van der Waals surface area contributed by atoms with Crippen LogP contribution >= 0.6 is 0 Å². The first-order chi connectivity index (χ1) is 1.73. The van der Waals surface area contributed by atoms with Crippen LogP contribution in [0.25, 0.3) is 0 Å². The molecule has 0 spiro atoms. The molecule has 0 bridgehead atoms. The van der Waals surface area contributed by atoms with Crippen LogP contribution in [0.2, 0.25) is 0 Å². The Balaban J connectivity index is 0. The van der Waals surface area contributed by atoms with E-state index in [4.69, 9.17) is 10.7 Å². The Morgan fingerprint density at radius 1 is 1.40 bits per heavy atom. The van der Waals surface area contributed by atoms with Crippen LogP contribution in [0.5, 0.6) is 0 Å². The van der Waals surface area contributed by atoms with Crippen molar-refractivity contribution in [2.24, 2.45) is 0 Å². The molecule has 0 aromatic carbocycles. The summed E-state index contributed by atoms with van der Waals surface area (Å²) in [6, 6.07) is 0. The minimum absolute atomic E-state index is 0. The van der Waals surface area contributed by atoms with Gasteiger partial charge in [0.2, 0.25) is 0 Å². The van der Waals surface area contributed by atoms with Gasteiger partial charge in [0.1, 0.15) is 0 Å². The van der Waals surface area contributed by atoms with Gasteiger partial charge >= 0.3 is 29.3 Å². The summed E-state index contributed by atoms with van der Waals surface area (Å²) in [5, 5.41) is 0. The maximum absolute atomic E-state index is 8.81. The molecule has 0 heterocycles. The van der Waals surface area contributed by atoms with Crippen molar-refractivity contribution in [3.05, 3.63) is 0 Å². The molecule has 32 valence electrons. The Kier molecular flexibility index (Phi) is 9.26. The quantitative estimate of drug-likeness (QED) is 0.429. The van der Waals surface area contributed by atoms with Crippen LogP contribution in [0.1, 0.15) is 0 Å². The molecular weight excluding hydrogens is 152 g/mol. The molecule has 0 aliphatic rings. The van der Waals surface area contributed by atoms with Gasteiger partial charge in [-0.2, -0.15) is 0 Å². The standard InChI is InChI=1S/Fe.2H2O.O.Ti/h;2*1H2;;/q;;;;+2/p-2. The van der Waals surface area contributed by atoms with Gasteiger partial charge in [0.25, 0.3) is 0 Å². The maximum atomic E-state index is 8.81. The van der Waals surface area contributed by atoms with Crippen molar-refractivity contribution in [2.75, 3.05) is 0 Å². The second-order valence-corrected chi connectivity index (χ2v) is 1.17. The fraction of sp³-hybridized carbons (Fsp3) is 0. The molecule has 0 unspecified atom stereocenters. The zero-order valence-corrected chi connectivity index (χ0v) is 4.82. The fourth-order valence-electron chi connectivity index (χ4n) is 0. The van der Waals surface area contributed by atoms with Crippen LogP contribution in [-0.4, -0.2) is 7.38 Å². The first kappa shape index (κ1) is 9.35. The van der Waals surface area contributed by atoms with Gasteiger partial charge in [0.15, 0.2) is 0 Å². The second-order valence-electron chi connectivity index (χ2n) is 0.283. The van der Waals surface area contributed by atoms with Gasteiger partial charge in [-0.3, -0.25) is 0 Å². The fourth-order valence-corrected chi connectivity index (χ4v) is 0. The summed E-state index contributed by atoms with van der Waals surface area (Å²) in [5.74, 6) is 0. The van der Waals surface area contributed by atoms with E-state index in [1.807, 2.05) is 0 Å².